The molecule has 7 nitrogen and oxygen atoms in total. The number of ether oxygens (including phenoxy) is 1. The fourth-order valence-electron chi connectivity index (χ4n) is 1.93. The van der Waals surface area contributed by atoms with Crippen LogP contribution in [0.5, 0.6) is 0 Å². The van der Waals surface area contributed by atoms with Crippen molar-refractivity contribution in [2.24, 2.45) is 0 Å². The number of fused-ring (bicyclic) bond motifs is 1. The Hall–Kier alpha value is -2.15. The van der Waals surface area contributed by atoms with Gasteiger partial charge in [0.25, 0.3) is 0 Å². The SMILES string of the molecule is Cc1c(C(=O)O)n(C(=O)OC(C)(C)C)c2nc(Cl)ncc12. The normalized spacial score (nSPS) is 11.7. The number of nitrogens with zero attached hydrogens (tertiary/aromatic N) is 3. The molecule has 2 rings (SSSR count). The first kappa shape index (κ1) is 15.2. The van der Waals surface area contributed by atoms with E-state index in [1.54, 1.807) is 27.7 Å². The fraction of sp³-hybridized carbons (Fsp3) is 0.385. The van der Waals surface area contributed by atoms with Crippen LogP contribution in [0, 0.1) is 6.92 Å². The molecule has 0 aliphatic heterocycles. The van der Waals surface area contributed by atoms with E-state index in [1.165, 1.54) is 6.20 Å². The zero-order valence-corrected chi connectivity index (χ0v) is 12.7. The van der Waals surface area contributed by atoms with Crippen LogP contribution in [0.15, 0.2) is 6.20 Å². The van der Waals surface area contributed by atoms with Crippen LogP contribution in [-0.2, 0) is 4.74 Å². The molecular weight excluding hydrogens is 298 g/mol. The summed E-state index contributed by atoms with van der Waals surface area (Å²) in [5.41, 5.74) is -0.497. The number of carbonyl (C=O) groups excluding carboxylic acids is 1. The maximum absolute atomic E-state index is 12.3. The van der Waals surface area contributed by atoms with Gasteiger partial charge in [-0.05, 0) is 44.9 Å². The Morgan fingerprint density at radius 2 is 2.00 bits per heavy atom. The van der Waals surface area contributed by atoms with Gasteiger partial charge in [-0.15, -0.1) is 0 Å². The number of carbonyl (C=O) groups is 2. The van der Waals surface area contributed by atoms with Crippen molar-refractivity contribution in [1.29, 1.82) is 0 Å². The maximum atomic E-state index is 12.3. The third-order valence-corrected chi connectivity index (χ3v) is 2.89. The third-order valence-electron chi connectivity index (χ3n) is 2.71. The minimum absolute atomic E-state index is 0.0817. The summed E-state index contributed by atoms with van der Waals surface area (Å²) < 4.78 is 6.14. The minimum Gasteiger partial charge on any atom is -0.477 e. The van der Waals surface area contributed by atoms with Gasteiger partial charge in [0.1, 0.15) is 11.3 Å². The highest BCUT2D eigenvalue weighted by Gasteiger charge is 2.28. The van der Waals surface area contributed by atoms with Gasteiger partial charge in [-0.3, -0.25) is 0 Å². The molecule has 0 aliphatic rings. The Bertz CT molecular complexity index is 746. The van der Waals surface area contributed by atoms with E-state index in [9.17, 15) is 14.7 Å². The van der Waals surface area contributed by atoms with E-state index in [1.807, 2.05) is 0 Å². The van der Waals surface area contributed by atoms with E-state index >= 15 is 0 Å². The summed E-state index contributed by atoms with van der Waals surface area (Å²) in [6.45, 7) is 6.63. The molecular formula is C13H14ClN3O4. The Balaban J connectivity index is 2.75. The second kappa shape index (κ2) is 5.00. The van der Waals surface area contributed by atoms with Gasteiger partial charge >= 0.3 is 12.1 Å². The van der Waals surface area contributed by atoms with Crippen molar-refractivity contribution in [3.63, 3.8) is 0 Å². The summed E-state index contributed by atoms with van der Waals surface area (Å²) >= 11 is 5.73. The lowest BCUT2D eigenvalue weighted by atomic mass is 10.2. The van der Waals surface area contributed by atoms with Crippen molar-refractivity contribution in [1.82, 2.24) is 14.5 Å². The number of aromatic nitrogens is 3. The molecule has 2 aromatic rings. The second-order valence-corrected chi connectivity index (χ2v) is 5.81. The van der Waals surface area contributed by atoms with Crippen molar-refractivity contribution < 1.29 is 19.4 Å². The van der Waals surface area contributed by atoms with Crippen molar-refractivity contribution in [2.45, 2.75) is 33.3 Å². The van der Waals surface area contributed by atoms with Gasteiger partial charge in [0, 0.05) is 11.6 Å². The van der Waals surface area contributed by atoms with Gasteiger partial charge in [0.05, 0.1) is 0 Å². The standard InChI is InChI=1S/C13H14ClN3O4/c1-6-7-5-15-11(14)16-9(7)17(8(6)10(18)19)12(20)21-13(2,3)4/h5H,1-4H3,(H,18,19). The van der Waals surface area contributed by atoms with E-state index in [0.717, 1.165) is 4.57 Å². The number of hydrogen-bond acceptors (Lipinski definition) is 5. The zero-order chi connectivity index (χ0) is 15.9. The minimum atomic E-state index is -1.26. The van der Waals surface area contributed by atoms with Gasteiger partial charge in [-0.25, -0.2) is 19.1 Å². The lowest BCUT2D eigenvalue weighted by Crippen LogP contribution is -2.29. The molecule has 0 aromatic carbocycles. The highest BCUT2D eigenvalue weighted by Crippen LogP contribution is 2.26. The van der Waals surface area contributed by atoms with Crippen LogP contribution in [0.25, 0.3) is 11.0 Å². The molecule has 2 heterocycles. The van der Waals surface area contributed by atoms with Crippen LogP contribution in [-0.4, -0.2) is 37.3 Å². The average molecular weight is 312 g/mol. The van der Waals surface area contributed by atoms with E-state index in [-0.39, 0.29) is 16.6 Å². The maximum Gasteiger partial charge on any atom is 0.420 e. The molecule has 0 bridgehead atoms. The predicted molar refractivity (Wildman–Crippen MR) is 75.9 cm³/mol. The predicted octanol–water partition coefficient (Wildman–Crippen LogP) is 2.87. The molecule has 0 saturated carbocycles. The van der Waals surface area contributed by atoms with Crippen LogP contribution in [0.3, 0.4) is 0 Å². The van der Waals surface area contributed by atoms with Gasteiger partial charge < -0.3 is 9.84 Å². The van der Waals surface area contributed by atoms with E-state index in [2.05, 4.69) is 9.97 Å². The smallest absolute Gasteiger partial charge is 0.420 e. The number of rotatable bonds is 1. The van der Waals surface area contributed by atoms with E-state index in [0.29, 0.717) is 10.9 Å². The Morgan fingerprint density at radius 1 is 1.38 bits per heavy atom. The first-order valence-electron chi connectivity index (χ1n) is 6.12. The molecule has 0 amide bonds. The Labute approximate surface area is 125 Å². The van der Waals surface area contributed by atoms with Crippen molar-refractivity contribution >= 4 is 34.7 Å². The van der Waals surface area contributed by atoms with E-state index in [4.69, 9.17) is 16.3 Å². The van der Waals surface area contributed by atoms with E-state index < -0.39 is 17.7 Å². The Morgan fingerprint density at radius 3 is 2.52 bits per heavy atom. The molecule has 2 aromatic heterocycles. The number of carboxylic acids is 1. The number of aromatic carboxylic acids is 1. The van der Waals surface area contributed by atoms with Crippen molar-refractivity contribution in [3.8, 4) is 0 Å². The van der Waals surface area contributed by atoms with Gasteiger partial charge in [-0.1, -0.05) is 0 Å². The molecule has 0 atom stereocenters. The number of hydrogen-bond donors (Lipinski definition) is 1. The third kappa shape index (κ3) is 2.82. The molecule has 8 heteroatoms. The first-order chi connectivity index (χ1) is 9.61. The van der Waals surface area contributed by atoms with Crippen molar-refractivity contribution in [3.05, 3.63) is 22.7 Å². The Kier molecular flexibility index (Phi) is 3.63. The van der Waals surface area contributed by atoms with Crippen LogP contribution >= 0.6 is 11.6 Å². The van der Waals surface area contributed by atoms with Crippen LogP contribution in [0.2, 0.25) is 5.28 Å². The second-order valence-electron chi connectivity index (χ2n) is 5.47. The summed E-state index contributed by atoms with van der Waals surface area (Å²) in [6, 6.07) is 0. The first-order valence-corrected chi connectivity index (χ1v) is 6.50. The van der Waals surface area contributed by atoms with Crippen LogP contribution < -0.4 is 0 Å². The number of aryl methyl sites for hydroxylation is 1. The van der Waals surface area contributed by atoms with Crippen molar-refractivity contribution in [2.75, 3.05) is 0 Å². The highest BCUT2D eigenvalue weighted by atomic mass is 35.5. The quantitative estimate of drug-likeness (QED) is 0.814. The summed E-state index contributed by atoms with van der Waals surface area (Å²) in [6.07, 6.45) is 0.556. The monoisotopic (exact) mass is 311 g/mol. The van der Waals surface area contributed by atoms with Gasteiger partial charge in [0.2, 0.25) is 5.28 Å². The summed E-state index contributed by atoms with van der Waals surface area (Å²) in [5, 5.41) is 9.71. The zero-order valence-electron chi connectivity index (χ0n) is 12.0. The molecule has 0 radical (unpaired) electrons. The summed E-state index contributed by atoms with van der Waals surface area (Å²) in [5.74, 6) is -1.26. The van der Waals surface area contributed by atoms with Crippen LogP contribution in [0.1, 0.15) is 36.8 Å². The number of carboxylic acid groups (broad SMARTS) is 1. The largest absolute Gasteiger partial charge is 0.477 e. The topological polar surface area (TPSA) is 94.3 Å². The fourth-order valence-corrected chi connectivity index (χ4v) is 2.06. The molecule has 1 N–H and O–H groups in total. The molecule has 0 unspecified atom stereocenters. The molecule has 0 aliphatic carbocycles. The molecule has 112 valence electrons. The lowest BCUT2D eigenvalue weighted by molar-refractivity contribution is 0.0511. The molecule has 21 heavy (non-hydrogen) atoms. The van der Waals surface area contributed by atoms with Gasteiger partial charge in [0.15, 0.2) is 5.65 Å². The highest BCUT2D eigenvalue weighted by molar-refractivity contribution is 6.28. The summed E-state index contributed by atoms with van der Waals surface area (Å²) in [7, 11) is 0. The van der Waals surface area contributed by atoms with Crippen LogP contribution in [0.4, 0.5) is 4.79 Å². The summed E-state index contributed by atoms with van der Waals surface area (Å²) in [4.78, 5) is 31.5. The lowest BCUT2D eigenvalue weighted by Gasteiger charge is -2.20. The molecule has 0 saturated heterocycles. The van der Waals surface area contributed by atoms with Gasteiger partial charge in [-0.2, -0.15) is 4.98 Å². The number of halogens is 1. The molecule has 0 spiro atoms. The molecule has 0 fully saturated rings. The average Bonchev–Trinajstić information content (AvgIpc) is 2.60.